The predicted octanol–water partition coefficient (Wildman–Crippen LogP) is 2.99. The smallest absolute Gasteiger partial charge is 0.0478 e. The van der Waals surface area contributed by atoms with Crippen LogP contribution in [0.1, 0.15) is 42.9 Å². The Morgan fingerprint density at radius 1 is 1.21 bits per heavy atom. The topological polar surface area (TPSA) is 15.3 Å². The molecule has 0 radical (unpaired) electrons. The van der Waals surface area contributed by atoms with E-state index < -0.39 is 0 Å². The SMILES string of the molecule is CNC1c2ccccc2CCC1N(C)CC1CCC1. The fourth-order valence-electron chi connectivity index (χ4n) is 3.78. The van der Waals surface area contributed by atoms with E-state index >= 15 is 0 Å². The maximum absolute atomic E-state index is 3.56. The molecule has 0 heterocycles. The second-order valence-electron chi connectivity index (χ2n) is 6.31. The van der Waals surface area contributed by atoms with Crippen LogP contribution in [0, 0.1) is 5.92 Å². The fraction of sp³-hybridized carbons (Fsp3) is 0.647. The molecule has 0 saturated heterocycles. The Bertz CT molecular complexity index is 425. The number of benzene rings is 1. The van der Waals surface area contributed by atoms with Crippen molar-refractivity contribution in [2.75, 3.05) is 20.6 Å². The van der Waals surface area contributed by atoms with Gasteiger partial charge in [0.15, 0.2) is 0 Å². The van der Waals surface area contributed by atoms with Crippen LogP contribution >= 0.6 is 0 Å². The summed E-state index contributed by atoms with van der Waals surface area (Å²) in [5.41, 5.74) is 3.05. The standard InChI is InChI=1S/C17H26N2/c1-18-17-15-9-4-3-8-14(15)10-11-16(17)19(2)12-13-6-5-7-13/h3-4,8-9,13,16-18H,5-7,10-12H2,1-2H3. The first kappa shape index (κ1) is 13.1. The summed E-state index contributed by atoms with van der Waals surface area (Å²) >= 11 is 0. The summed E-state index contributed by atoms with van der Waals surface area (Å²) in [5.74, 6) is 0.958. The first-order chi connectivity index (χ1) is 9.29. The molecule has 19 heavy (non-hydrogen) atoms. The van der Waals surface area contributed by atoms with Crippen LogP contribution in [0.25, 0.3) is 0 Å². The molecular weight excluding hydrogens is 232 g/mol. The maximum atomic E-state index is 3.56. The highest BCUT2D eigenvalue weighted by Crippen LogP contribution is 2.34. The van der Waals surface area contributed by atoms with E-state index in [4.69, 9.17) is 0 Å². The van der Waals surface area contributed by atoms with Crippen LogP contribution in [0.2, 0.25) is 0 Å². The molecular formula is C17H26N2. The first-order valence-corrected chi connectivity index (χ1v) is 7.75. The Morgan fingerprint density at radius 2 is 2.00 bits per heavy atom. The van der Waals surface area contributed by atoms with E-state index in [0.29, 0.717) is 12.1 Å². The second-order valence-corrected chi connectivity index (χ2v) is 6.31. The highest BCUT2D eigenvalue weighted by molar-refractivity contribution is 5.33. The number of likely N-dealkylation sites (N-methyl/N-ethyl adjacent to an activating group) is 2. The second kappa shape index (κ2) is 5.64. The summed E-state index contributed by atoms with van der Waals surface area (Å²) in [6, 6.07) is 10.1. The third-order valence-corrected chi connectivity index (χ3v) is 5.13. The normalized spacial score (nSPS) is 27.1. The van der Waals surface area contributed by atoms with E-state index in [-0.39, 0.29) is 0 Å². The van der Waals surface area contributed by atoms with Gasteiger partial charge in [-0.15, -0.1) is 0 Å². The Kier molecular flexibility index (Phi) is 3.90. The molecule has 1 fully saturated rings. The summed E-state index contributed by atoms with van der Waals surface area (Å²) in [4.78, 5) is 2.61. The van der Waals surface area contributed by atoms with Crippen molar-refractivity contribution in [2.24, 2.45) is 5.92 Å². The fourth-order valence-corrected chi connectivity index (χ4v) is 3.78. The van der Waals surface area contributed by atoms with Gasteiger partial charge in [-0.05, 0) is 56.8 Å². The third kappa shape index (κ3) is 2.56. The van der Waals surface area contributed by atoms with Crippen molar-refractivity contribution >= 4 is 0 Å². The molecule has 2 aliphatic rings. The van der Waals surface area contributed by atoms with Crippen LogP contribution < -0.4 is 5.32 Å². The molecule has 2 nitrogen and oxygen atoms in total. The number of nitrogens with one attached hydrogen (secondary N) is 1. The van der Waals surface area contributed by atoms with Crippen molar-refractivity contribution in [1.29, 1.82) is 0 Å². The van der Waals surface area contributed by atoms with Gasteiger partial charge in [-0.25, -0.2) is 0 Å². The molecule has 2 aliphatic carbocycles. The van der Waals surface area contributed by atoms with E-state index in [1.807, 2.05) is 0 Å². The quantitative estimate of drug-likeness (QED) is 0.893. The average molecular weight is 258 g/mol. The van der Waals surface area contributed by atoms with Crippen LogP contribution in [0.4, 0.5) is 0 Å². The molecule has 0 amide bonds. The van der Waals surface area contributed by atoms with Gasteiger partial charge in [0.2, 0.25) is 0 Å². The van der Waals surface area contributed by atoms with Crippen molar-refractivity contribution in [3.8, 4) is 0 Å². The molecule has 2 atom stereocenters. The van der Waals surface area contributed by atoms with Crippen molar-refractivity contribution < 1.29 is 0 Å². The number of fused-ring (bicyclic) bond motifs is 1. The van der Waals surface area contributed by atoms with Crippen LogP contribution in [-0.2, 0) is 6.42 Å². The minimum Gasteiger partial charge on any atom is -0.312 e. The number of nitrogens with zero attached hydrogens (tertiary/aromatic N) is 1. The molecule has 1 aromatic rings. The van der Waals surface area contributed by atoms with Crippen LogP contribution in [-0.4, -0.2) is 31.6 Å². The molecule has 1 N–H and O–H groups in total. The van der Waals surface area contributed by atoms with Gasteiger partial charge in [0, 0.05) is 18.6 Å². The largest absolute Gasteiger partial charge is 0.312 e. The molecule has 1 aromatic carbocycles. The van der Waals surface area contributed by atoms with Crippen LogP contribution in [0.3, 0.4) is 0 Å². The summed E-state index contributed by atoms with van der Waals surface area (Å²) in [6.45, 7) is 1.28. The lowest BCUT2D eigenvalue weighted by Gasteiger charge is -2.41. The Morgan fingerprint density at radius 3 is 2.68 bits per heavy atom. The Labute approximate surface area is 117 Å². The summed E-state index contributed by atoms with van der Waals surface area (Å²) < 4.78 is 0. The van der Waals surface area contributed by atoms with Gasteiger partial charge in [0.05, 0.1) is 0 Å². The molecule has 0 aliphatic heterocycles. The van der Waals surface area contributed by atoms with Crippen molar-refractivity contribution in [3.05, 3.63) is 35.4 Å². The average Bonchev–Trinajstić information content (AvgIpc) is 2.41. The van der Waals surface area contributed by atoms with Crippen molar-refractivity contribution in [3.63, 3.8) is 0 Å². The molecule has 2 unspecified atom stereocenters. The zero-order valence-corrected chi connectivity index (χ0v) is 12.2. The van der Waals surface area contributed by atoms with Gasteiger partial charge in [0.1, 0.15) is 0 Å². The Balaban J connectivity index is 1.75. The van der Waals surface area contributed by atoms with Crippen LogP contribution in [0.5, 0.6) is 0 Å². The predicted molar refractivity (Wildman–Crippen MR) is 80.3 cm³/mol. The van der Waals surface area contributed by atoms with Crippen molar-refractivity contribution in [2.45, 2.75) is 44.2 Å². The van der Waals surface area contributed by atoms with E-state index in [0.717, 1.165) is 5.92 Å². The van der Waals surface area contributed by atoms with Gasteiger partial charge in [-0.2, -0.15) is 0 Å². The minimum atomic E-state index is 0.495. The zero-order valence-electron chi connectivity index (χ0n) is 12.2. The number of rotatable bonds is 4. The van der Waals surface area contributed by atoms with E-state index in [1.165, 1.54) is 49.8 Å². The molecule has 2 heteroatoms. The molecule has 0 aromatic heterocycles. The zero-order chi connectivity index (χ0) is 13.2. The minimum absolute atomic E-state index is 0.495. The number of hydrogen-bond acceptors (Lipinski definition) is 2. The van der Waals surface area contributed by atoms with Gasteiger partial charge in [-0.3, -0.25) is 0 Å². The summed E-state index contributed by atoms with van der Waals surface area (Å²) in [5, 5.41) is 3.56. The van der Waals surface area contributed by atoms with Gasteiger partial charge < -0.3 is 10.2 Å². The first-order valence-electron chi connectivity index (χ1n) is 7.75. The highest BCUT2D eigenvalue weighted by atomic mass is 15.2. The molecule has 3 rings (SSSR count). The van der Waals surface area contributed by atoms with Crippen LogP contribution in [0.15, 0.2) is 24.3 Å². The molecule has 0 spiro atoms. The molecule has 0 bridgehead atoms. The number of aryl methyl sites for hydroxylation is 1. The maximum Gasteiger partial charge on any atom is 0.0478 e. The number of hydrogen-bond donors (Lipinski definition) is 1. The Hall–Kier alpha value is -0.860. The lowest BCUT2D eigenvalue weighted by molar-refractivity contribution is 0.126. The third-order valence-electron chi connectivity index (χ3n) is 5.13. The molecule has 104 valence electrons. The van der Waals surface area contributed by atoms with Crippen molar-refractivity contribution in [1.82, 2.24) is 10.2 Å². The highest BCUT2D eigenvalue weighted by Gasteiger charge is 2.32. The van der Waals surface area contributed by atoms with Gasteiger partial charge >= 0.3 is 0 Å². The van der Waals surface area contributed by atoms with Gasteiger partial charge in [0.25, 0.3) is 0 Å². The van der Waals surface area contributed by atoms with E-state index in [9.17, 15) is 0 Å². The van der Waals surface area contributed by atoms with E-state index in [2.05, 4.69) is 48.6 Å². The lowest BCUT2D eigenvalue weighted by atomic mass is 9.81. The monoisotopic (exact) mass is 258 g/mol. The lowest BCUT2D eigenvalue weighted by Crippen LogP contribution is -2.46. The summed E-state index contributed by atoms with van der Waals surface area (Å²) in [6.07, 6.45) is 6.84. The van der Waals surface area contributed by atoms with E-state index in [1.54, 1.807) is 0 Å². The van der Waals surface area contributed by atoms with Gasteiger partial charge in [-0.1, -0.05) is 30.7 Å². The summed E-state index contributed by atoms with van der Waals surface area (Å²) in [7, 11) is 4.43. The molecule has 1 saturated carbocycles.